The number of halogens is 2. The molecule has 4 aromatic rings. The van der Waals surface area contributed by atoms with Gasteiger partial charge in [-0.25, -0.2) is 8.78 Å². The molecular weight excluding hydrogens is 342 g/mol. The van der Waals surface area contributed by atoms with Crippen molar-refractivity contribution in [2.24, 2.45) is 0 Å². The number of H-pyrrole nitrogens is 2. The van der Waals surface area contributed by atoms with Gasteiger partial charge in [0.2, 0.25) is 5.78 Å². The molecule has 4 rings (SSSR count). The number of carbonyl (C=O) groups excluding carboxylic acids is 1. The van der Waals surface area contributed by atoms with E-state index in [0.717, 1.165) is 0 Å². The van der Waals surface area contributed by atoms with Crippen LogP contribution in [0.1, 0.15) is 15.9 Å². The Labute approximate surface area is 143 Å². The lowest BCUT2D eigenvalue weighted by atomic mass is 10.0. The van der Waals surface area contributed by atoms with E-state index in [-0.39, 0.29) is 22.2 Å². The molecule has 2 aromatic heterocycles. The third kappa shape index (κ3) is 2.41. The molecule has 0 atom stereocenters. The largest absolute Gasteiger partial charge is 0.319 e. The van der Waals surface area contributed by atoms with Crippen molar-refractivity contribution >= 4 is 27.6 Å². The van der Waals surface area contributed by atoms with E-state index in [2.05, 4.69) is 9.97 Å². The number of carbonyl (C=O) groups is 1. The van der Waals surface area contributed by atoms with Gasteiger partial charge in [-0.2, -0.15) is 0 Å². The van der Waals surface area contributed by atoms with Crippen molar-refractivity contribution in [3.63, 3.8) is 0 Å². The van der Waals surface area contributed by atoms with Crippen LogP contribution in [-0.2, 0) is 0 Å². The van der Waals surface area contributed by atoms with Crippen LogP contribution in [0.15, 0.2) is 58.1 Å². The minimum absolute atomic E-state index is 0.0245. The molecule has 0 radical (unpaired) electrons. The van der Waals surface area contributed by atoms with Crippen LogP contribution in [0, 0.1) is 11.6 Å². The highest BCUT2D eigenvalue weighted by molar-refractivity contribution is 6.11. The highest BCUT2D eigenvalue weighted by Crippen LogP contribution is 2.18. The van der Waals surface area contributed by atoms with Crippen LogP contribution in [0.4, 0.5) is 8.78 Å². The molecule has 0 aliphatic carbocycles. The fraction of sp³-hybridized carbons (Fsp3) is 0. The molecule has 0 saturated heterocycles. The predicted octanol–water partition coefficient (Wildman–Crippen LogP) is 2.88. The second kappa shape index (κ2) is 5.73. The van der Waals surface area contributed by atoms with Gasteiger partial charge in [-0.15, -0.1) is 0 Å². The fourth-order valence-electron chi connectivity index (χ4n) is 2.87. The molecule has 0 unspecified atom stereocenters. The first-order valence-electron chi connectivity index (χ1n) is 7.63. The molecule has 7 heteroatoms. The van der Waals surface area contributed by atoms with Crippen molar-refractivity contribution < 1.29 is 13.6 Å². The van der Waals surface area contributed by atoms with E-state index in [4.69, 9.17) is 0 Å². The standard InChI is InChI=1S/C19H10F2N2O3/c20-13-5-1-3-9-7-11(18(25)22-15(9)13)17(24)12-8-10-4-2-6-14(21)16(10)23-19(12)26/h1-8H,(H,22,25)(H,23,26). The van der Waals surface area contributed by atoms with E-state index in [9.17, 15) is 23.2 Å². The zero-order valence-electron chi connectivity index (χ0n) is 13.1. The van der Waals surface area contributed by atoms with Gasteiger partial charge in [0.1, 0.15) is 11.6 Å². The smallest absolute Gasteiger partial charge is 0.259 e. The maximum atomic E-state index is 13.8. The van der Waals surface area contributed by atoms with Gasteiger partial charge in [-0.1, -0.05) is 24.3 Å². The van der Waals surface area contributed by atoms with Gasteiger partial charge in [-0.3, -0.25) is 14.4 Å². The Morgan fingerprint density at radius 2 is 1.15 bits per heavy atom. The average molecular weight is 352 g/mol. The van der Waals surface area contributed by atoms with Crippen molar-refractivity contribution in [1.29, 1.82) is 0 Å². The zero-order chi connectivity index (χ0) is 18.4. The quantitative estimate of drug-likeness (QED) is 0.544. The number of aromatic amines is 2. The van der Waals surface area contributed by atoms with E-state index >= 15 is 0 Å². The summed E-state index contributed by atoms with van der Waals surface area (Å²) >= 11 is 0. The summed E-state index contributed by atoms with van der Waals surface area (Å²) in [6.07, 6.45) is 0. The maximum absolute atomic E-state index is 13.8. The molecular formula is C19H10F2N2O3. The van der Waals surface area contributed by atoms with Crippen molar-refractivity contribution in [3.8, 4) is 0 Å². The number of benzene rings is 2. The summed E-state index contributed by atoms with van der Waals surface area (Å²) in [5, 5.41) is 0.632. The van der Waals surface area contributed by atoms with Crippen LogP contribution in [0.3, 0.4) is 0 Å². The van der Waals surface area contributed by atoms with E-state index < -0.39 is 28.5 Å². The molecule has 2 heterocycles. The molecule has 2 aromatic carbocycles. The van der Waals surface area contributed by atoms with Gasteiger partial charge in [-0.05, 0) is 24.3 Å². The second-order valence-electron chi connectivity index (χ2n) is 5.76. The van der Waals surface area contributed by atoms with E-state index in [1.165, 1.54) is 48.5 Å². The minimum atomic E-state index is -0.829. The second-order valence-corrected chi connectivity index (χ2v) is 5.76. The summed E-state index contributed by atoms with van der Waals surface area (Å²) in [4.78, 5) is 41.8. The topological polar surface area (TPSA) is 82.8 Å². The predicted molar refractivity (Wildman–Crippen MR) is 92.5 cm³/mol. The Bertz CT molecular complexity index is 1220. The van der Waals surface area contributed by atoms with Crippen LogP contribution in [0.2, 0.25) is 0 Å². The van der Waals surface area contributed by atoms with E-state index in [0.29, 0.717) is 10.8 Å². The Balaban J connectivity index is 1.94. The van der Waals surface area contributed by atoms with E-state index in [1.54, 1.807) is 0 Å². The monoisotopic (exact) mass is 352 g/mol. The number of nitrogens with one attached hydrogen (secondary N) is 2. The Hall–Kier alpha value is -3.61. The molecule has 2 N–H and O–H groups in total. The Morgan fingerprint density at radius 1 is 0.731 bits per heavy atom. The van der Waals surface area contributed by atoms with Gasteiger partial charge >= 0.3 is 0 Å². The van der Waals surface area contributed by atoms with Crippen molar-refractivity contribution in [1.82, 2.24) is 9.97 Å². The summed E-state index contributed by atoms with van der Waals surface area (Å²) < 4.78 is 27.5. The summed E-state index contributed by atoms with van der Waals surface area (Å²) in [7, 11) is 0. The number of hydrogen-bond donors (Lipinski definition) is 2. The number of para-hydroxylation sites is 2. The molecule has 26 heavy (non-hydrogen) atoms. The summed E-state index contributed by atoms with van der Waals surface area (Å²) in [6.45, 7) is 0. The average Bonchev–Trinajstić information content (AvgIpc) is 2.62. The first-order valence-corrected chi connectivity index (χ1v) is 7.63. The van der Waals surface area contributed by atoms with Crippen LogP contribution in [0.25, 0.3) is 21.8 Å². The maximum Gasteiger partial charge on any atom is 0.259 e. The summed E-state index contributed by atoms with van der Waals surface area (Å²) in [6, 6.07) is 10.8. The molecule has 5 nitrogen and oxygen atoms in total. The van der Waals surface area contributed by atoms with Gasteiger partial charge < -0.3 is 9.97 Å². The molecule has 0 fully saturated rings. The van der Waals surface area contributed by atoms with Gasteiger partial charge in [0, 0.05) is 10.8 Å². The van der Waals surface area contributed by atoms with Crippen molar-refractivity contribution in [2.45, 2.75) is 0 Å². The number of hydrogen-bond acceptors (Lipinski definition) is 3. The summed E-state index contributed by atoms with van der Waals surface area (Å²) in [5.41, 5.74) is -2.28. The number of fused-ring (bicyclic) bond motifs is 2. The van der Waals surface area contributed by atoms with Crippen LogP contribution < -0.4 is 11.1 Å². The number of pyridine rings is 2. The third-order valence-electron chi connectivity index (χ3n) is 4.15. The lowest BCUT2D eigenvalue weighted by Gasteiger charge is -2.05. The minimum Gasteiger partial charge on any atom is -0.319 e. The molecule has 0 amide bonds. The molecule has 0 spiro atoms. The lowest BCUT2D eigenvalue weighted by molar-refractivity contribution is 0.103. The van der Waals surface area contributed by atoms with Gasteiger partial charge in [0.25, 0.3) is 11.1 Å². The van der Waals surface area contributed by atoms with Crippen LogP contribution in [-0.4, -0.2) is 15.8 Å². The number of aromatic nitrogens is 2. The highest BCUT2D eigenvalue weighted by Gasteiger charge is 2.19. The molecule has 128 valence electrons. The molecule has 0 saturated carbocycles. The Kier molecular flexibility index (Phi) is 3.50. The molecule has 0 aliphatic heterocycles. The van der Waals surface area contributed by atoms with Crippen LogP contribution in [0.5, 0.6) is 0 Å². The van der Waals surface area contributed by atoms with Crippen molar-refractivity contribution in [2.75, 3.05) is 0 Å². The third-order valence-corrected chi connectivity index (χ3v) is 4.15. The van der Waals surface area contributed by atoms with Gasteiger partial charge in [0.05, 0.1) is 22.2 Å². The molecule has 0 bridgehead atoms. The molecule has 0 aliphatic rings. The number of rotatable bonds is 2. The van der Waals surface area contributed by atoms with Gasteiger partial charge in [0.15, 0.2) is 0 Å². The van der Waals surface area contributed by atoms with Crippen LogP contribution >= 0.6 is 0 Å². The normalized spacial score (nSPS) is 11.2. The van der Waals surface area contributed by atoms with E-state index in [1.807, 2.05) is 0 Å². The SMILES string of the molecule is O=C(c1cc2cccc(F)c2[nH]c1=O)c1cc2cccc(F)c2[nH]c1=O. The first kappa shape index (κ1) is 15.9. The Morgan fingerprint density at radius 3 is 1.58 bits per heavy atom. The fourth-order valence-corrected chi connectivity index (χ4v) is 2.87. The zero-order valence-corrected chi connectivity index (χ0v) is 13.1. The van der Waals surface area contributed by atoms with Crippen molar-refractivity contribution in [3.05, 3.63) is 92.0 Å². The first-order chi connectivity index (χ1) is 12.5. The summed E-state index contributed by atoms with van der Waals surface area (Å²) in [5.74, 6) is -2.08. The lowest BCUT2D eigenvalue weighted by Crippen LogP contribution is -2.24. The highest BCUT2D eigenvalue weighted by atomic mass is 19.1. The number of ketones is 1.